The normalized spacial score (nSPS) is 14.7. The molecule has 5 heteroatoms. The van der Waals surface area contributed by atoms with Crippen LogP contribution in [0.5, 0.6) is 5.75 Å². The average Bonchev–Trinajstić information content (AvgIpc) is 2.62. The lowest BCUT2D eigenvalue weighted by Crippen LogP contribution is -2.41. The van der Waals surface area contributed by atoms with Gasteiger partial charge in [0, 0.05) is 19.5 Å². The number of benzene rings is 2. The Morgan fingerprint density at radius 3 is 2.65 bits per heavy atom. The van der Waals surface area contributed by atoms with E-state index < -0.39 is 0 Å². The van der Waals surface area contributed by atoms with Gasteiger partial charge in [-0.1, -0.05) is 30.3 Å². The Balaban J connectivity index is 1.38. The predicted octanol–water partition coefficient (Wildman–Crippen LogP) is 3.08. The maximum atomic E-state index is 11.8. The Hall–Kier alpha value is -2.27. The summed E-state index contributed by atoms with van der Waals surface area (Å²) in [7, 11) is 0. The Kier molecular flexibility index (Phi) is 5.32. The summed E-state index contributed by atoms with van der Waals surface area (Å²) in [4.78, 5) is 13.5. The molecule has 0 unspecified atom stereocenters. The highest BCUT2D eigenvalue weighted by atomic mass is 16.6. The first-order valence-electron chi connectivity index (χ1n) is 7.94. The maximum Gasteiger partial charge on any atom is 0.409 e. The summed E-state index contributed by atoms with van der Waals surface area (Å²) in [5.41, 5.74) is 0. The predicted molar refractivity (Wildman–Crippen MR) is 87.8 cm³/mol. The molecule has 5 nitrogen and oxygen atoms in total. The van der Waals surface area contributed by atoms with E-state index in [0.717, 1.165) is 11.1 Å². The van der Waals surface area contributed by atoms with Gasteiger partial charge in [-0.15, -0.1) is 0 Å². The Labute approximate surface area is 135 Å². The van der Waals surface area contributed by atoms with Crippen LogP contribution in [-0.2, 0) is 9.47 Å². The number of hydrogen-bond acceptors (Lipinski definition) is 4. The zero-order chi connectivity index (χ0) is 15.9. The van der Waals surface area contributed by atoms with Crippen LogP contribution in [0, 0.1) is 0 Å². The van der Waals surface area contributed by atoms with E-state index in [1.54, 1.807) is 4.90 Å². The zero-order valence-corrected chi connectivity index (χ0v) is 13.1. The molecule has 1 amide bonds. The van der Waals surface area contributed by atoms with Gasteiger partial charge in [-0.05, 0) is 22.9 Å². The van der Waals surface area contributed by atoms with Crippen LogP contribution in [0.15, 0.2) is 42.5 Å². The van der Waals surface area contributed by atoms with Crippen LogP contribution in [0.2, 0.25) is 0 Å². The number of rotatable bonds is 5. The van der Waals surface area contributed by atoms with Crippen LogP contribution in [0.3, 0.4) is 0 Å². The molecule has 0 bridgehead atoms. The molecule has 1 aliphatic rings. The molecular formula is C18H21NO4. The summed E-state index contributed by atoms with van der Waals surface area (Å²) in [6.07, 6.45) is 0.405. The van der Waals surface area contributed by atoms with Crippen LogP contribution in [0.25, 0.3) is 10.8 Å². The quantitative estimate of drug-likeness (QED) is 0.796. The van der Waals surface area contributed by atoms with Gasteiger partial charge < -0.3 is 19.1 Å². The second-order valence-corrected chi connectivity index (χ2v) is 5.42. The molecule has 3 rings (SSSR count). The fraction of sp³-hybridized carbons (Fsp3) is 0.389. The molecular weight excluding hydrogens is 294 g/mol. The smallest absolute Gasteiger partial charge is 0.409 e. The molecule has 23 heavy (non-hydrogen) atoms. The van der Waals surface area contributed by atoms with Crippen LogP contribution >= 0.6 is 0 Å². The van der Waals surface area contributed by atoms with Gasteiger partial charge in [0.15, 0.2) is 0 Å². The van der Waals surface area contributed by atoms with E-state index in [-0.39, 0.29) is 6.09 Å². The third-order valence-corrected chi connectivity index (χ3v) is 3.77. The van der Waals surface area contributed by atoms with Gasteiger partial charge in [-0.3, -0.25) is 0 Å². The lowest BCUT2D eigenvalue weighted by atomic mass is 10.1. The highest BCUT2D eigenvalue weighted by molar-refractivity contribution is 5.83. The van der Waals surface area contributed by atoms with Gasteiger partial charge in [-0.2, -0.15) is 0 Å². The molecule has 1 saturated heterocycles. The molecule has 0 atom stereocenters. The molecule has 2 aromatic carbocycles. The maximum absolute atomic E-state index is 11.8. The second kappa shape index (κ2) is 7.83. The number of morpholine rings is 1. The van der Waals surface area contributed by atoms with Crippen molar-refractivity contribution in [2.24, 2.45) is 0 Å². The van der Waals surface area contributed by atoms with Gasteiger partial charge in [0.05, 0.1) is 26.4 Å². The molecule has 0 spiro atoms. The number of ether oxygens (including phenoxy) is 3. The van der Waals surface area contributed by atoms with E-state index in [2.05, 4.69) is 12.1 Å². The minimum Gasteiger partial charge on any atom is -0.493 e. The number of carbonyl (C=O) groups is 1. The van der Waals surface area contributed by atoms with E-state index in [4.69, 9.17) is 14.2 Å². The third-order valence-electron chi connectivity index (χ3n) is 3.77. The van der Waals surface area contributed by atoms with Crippen molar-refractivity contribution < 1.29 is 19.0 Å². The van der Waals surface area contributed by atoms with Gasteiger partial charge in [0.25, 0.3) is 0 Å². The summed E-state index contributed by atoms with van der Waals surface area (Å²) in [5.74, 6) is 0.836. The monoisotopic (exact) mass is 315 g/mol. The Bertz CT molecular complexity index is 652. The summed E-state index contributed by atoms with van der Waals surface area (Å²) in [6.45, 7) is 3.26. The lowest BCUT2D eigenvalue weighted by molar-refractivity contribution is 0.0261. The molecule has 1 aliphatic heterocycles. The fourth-order valence-electron chi connectivity index (χ4n) is 2.50. The molecule has 0 saturated carbocycles. The molecule has 0 radical (unpaired) electrons. The first-order valence-corrected chi connectivity index (χ1v) is 7.94. The van der Waals surface area contributed by atoms with Crippen molar-refractivity contribution in [1.82, 2.24) is 4.90 Å². The van der Waals surface area contributed by atoms with Gasteiger partial charge in [0.2, 0.25) is 0 Å². The molecule has 1 fully saturated rings. The van der Waals surface area contributed by atoms with Gasteiger partial charge in [0.1, 0.15) is 5.75 Å². The fourth-order valence-corrected chi connectivity index (χ4v) is 2.50. The summed E-state index contributed by atoms with van der Waals surface area (Å²) in [5, 5.41) is 2.35. The highest BCUT2D eigenvalue weighted by Crippen LogP contribution is 2.20. The van der Waals surface area contributed by atoms with E-state index in [0.29, 0.717) is 45.9 Å². The second-order valence-electron chi connectivity index (χ2n) is 5.42. The molecule has 0 aliphatic carbocycles. The number of nitrogens with zero attached hydrogens (tertiary/aromatic N) is 1. The summed E-state index contributed by atoms with van der Waals surface area (Å²) < 4.78 is 16.2. The van der Waals surface area contributed by atoms with Crippen LogP contribution in [0.1, 0.15) is 6.42 Å². The summed E-state index contributed by atoms with van der Waals surface area (Å²) in [6, 6.07) is 14.2. The van der Waals surface area contributed by atoms with Crippen molar-refractivity contribution in [3.05, 3.63) is 42.5 Å². The SMILES string of the molecule is O=C(OCCCOc1ccc2ccccc2c1)N1CCOCC1. The topological polar surface area (TPSA) is 48.0 Å². The standard InChI is InChI=1S/C18H21NO4/c20-18(19-8-12-21-13-9-19)23-11-3-10-22-17-7-6-15-4-1-2-5-16(15)14-17/h1-2,4-7,14H,3,8-13H2. The van der Waals surface area contributed by atoms with Crippen molar-refractivity contribution in [1.29, 1.82) is 0 Å². The van der Waals surface area contributed by atoms with E-state index in [9.17, 15) is 4.79 Å². The highest BCUT2D eigenvalue weighted by Gasteiger charge is 2.17. The largest absolute Gasteiger partial charge is 0.493 e. The van der Waals surface area contributed by atoms with Gasteiger partial charge >= 0.3 is 6.09 Å². The molecule has 122 valence electrons. The first kappa shape index (κ1) is 15.6. The molecule has 0 N–H and O–H groups in total. The molecule has 0 aromatic heterocycles. The van der Waals surface area contributed by atoms with E-state index in [1.165, 1.54) is 5.39 Å². The zero-order valence-electron chi connectivity index (χ0n) is 13.1. The molecule has 1 heterocycles. The van der Waals surface area contributed by atoms with Crippen LogP contribution in [-0.4, -0.2) is 50.5 Å². The lowest BCUT2D eigenvalue weighted by Gasteiger charge is -2.25. The van der Waals surface area contributed by atoms with Crippen molar-refractivity contribution in [3.63, 3.8) is 0 Å². The minimum absolute atomic E-state index is 0.265. The van der Waals surface area contributed by atoms with Crippen molar-refractivity contribution in [2.45, 2.75) is 6.42 Å². The minimum atomic E-state index is -0.265. The van der Waals surface area contributed by atoms with E-state index >= 15 is 0 Å². The first-order chi connectivity index (χ1) is 11.3. The Morgan fingerprint density at radius 1 is 1.04 bits per heavy atom. The number of fused-ring (bicyclic) bond motifs is 1. The van der Waals surface area contributed by atoms with Crippen LogP contribution in [0.4, 0.5) is 4.79 Å². The van der Waals surface area contributed by atoms with Crippen LogP contribution < -0.4 is 4.74 Å². The van der Waals surface area contributed by atoms with Gasteiger partial charge in [-0.25, -0.2) is 4.79 Å². The van der Waals surface area contributed by atoms with Crippen molar-refractivity contribution in [3.8, 4) is 5.75 Å². The number of hydrogen-bond donors (Lipinski definition) is 0. The molecule has 2 aromatic rings. The Morgan fingerprint density at radius 2 is 1.83 bits per heavy atom. The summed E-state index contributed by atoms with van der Waals surface area (Å²) >= 11 is 0. The van der Waals surface area contributed by atoms with Crippen molar-refractivity contribution in [2.75, 3.05) is 39.5 Å². The average molecular weight is 315 g/mol. The van der Waals surface area contributed by atoms with E-state index in [1.807, 2.05) is 30.3 Å². The third kappa shape index (κ3) is 4.36. The number of amides is 1. The number of carbonyl (C=O) groups excluding carboxylic acids is 1. The van der Waals surface area contributed by atoms with Crippen molar-refractivity contribution >= 4 is 16.9 Å².